The molecular formula is C15H13N3O2S2. The summed E-state index contributed by atoms with van der Waals surface area (Å²) in [5.74, 6) is 0. The average molecular weight is 331 g/mol. The van der Waals surface area contributed by atoms with Gasteiger partial charge in [0.15, 0.2) is 5.13 Å². The summed E-state index contributed by atoms with van der Waals surface area (Å²) < 4.78 is 26.9. The lowest BCUT2D eigenvalue weighted by Gasteiger charge is -2.08. The maximum Gasteiger partial charge on any atom is 0.263 e. The fraction of sp³-hybridized carbons (Fsp3) is 0. The summed E-state index contributed by atoms with van der Waals surface area (Å²) in [6, 6.07) is 14.0. The molecule has 2 aromatic carbocycles. The smallest absolute Gasteiger partial charge is 0.263 e. The van der Waals surface area contributed by atoms with Crippen LogP contribution < -0.4 is 10.5 Å². The molecule has 0 saturated heterocycles. The van der Waals surface area contributed by atoms with E-state index in [4.69, 9.17) is 5.73 Å². The summed E-state index contributed by atoms with van der Waals surface area (Å²) in [7, 11) is -3.63. The van der Waals surface area contributed by atoms with Gasteiger partial charge in [-0.2, -0.15) is 0 Å². The molecule has 22 heavy (non-hydrogen) atoms. The lowest BCUT2D eigenvalue weighted by molar-refractivity contribution is 0.601. The second-order valence-corrected chi connectivity index (χ2v) is 7.13. The molecule has 3 N–H and O–H groups in total. The molecule has 0 saturated carbocycles. The number of rotatable bonds is 4. The molecule has 0 spiro atoms. The second kappa shape index (κ2) is 5.78. The van der Waals surface area contributed by atoms with Crippen LogP contribution in [0.3, 0.4) is 0 Å². The van der Waals surface area contributed by atoms with Crippen molar-refractivity contribution in [3.8, 4) is 11.1 Å². The fourth-order valence-electron chi connectivity index (χ4n) is 2.02. The molecule has 0 aliphatic heterocycles. The first-order valence-electron chi connectivity index (χ1n) is 6.43. The Kier molecular flexibility index (Phi) is 3.82. The Morgan fingerprint density at radius 2 is 1.77 bits per heavy atom. The Hall–Kier alpha value is -2.38. The molecule has 0 fully saturated rings. The van der Waals surface area contributed by atoms with Crippen LogP contribution in [0.1, 0.15) is 0 Å². The van der Waals surface area contributed by atoms with Crippen molar-refractivity contribution in [2.45, 2.75) is 4.90 Å². The lowest BCUT2D eigenvalue weighted by Crippen LogP contribution is -2.12. The number of aromatic nitrogens is 1. The Bertz CT molecular complexity index is 873. The van der Waals surface area contributed by atoms with Gasteiger partial charge in [-0.3, -0.25) is 4.72 Å². The fourth-order valence-corrected chi connectivity index (χ4v) is 3.81. The minimum Gasteiger partial charge on any atom is -0.398 e. The van der Waals surface area contributed by atoms with Gasteiger partial charge in [-0.05, 0) is 23.8 Å². The molecule has 7 heteroatoms. The summed E-state index contributed by atoms with van der Waals surface area (Å²) in [4.78, 5) is 4.10. The molecule has 0 bridgehead atoms. The molecule has 1 aromatic heterocycles. The van der Waals surface area contributed by atoms with Crippen LogP contribution in [0.2, 0.25) is 0 Å². The van der Waals surface area contributed by atoms with Crippen LogP contribution in [0.15, 0.2) is 65.0 Å². The van der Waals surface area contributed by atoms with E-state index in [-0.39, 0.29) is 4.90 Å². The number of nitrogens with two attached hydrogens (primary N) is 1. The zero-order valence-electron chi connectivity index (χ0n) is 11.4. The molecule has 112 valence electrons. The normalized spacial score (nSPS) is 11.3. The summed E-state index contributed by atoms with van der Waals surface area (Å²) in [6.07, 6.45) is 1.55. The van der Waals surface area contributed by atoms with Crippen LogP contribution in [0.25, 0.3) is 11.1 Å². The highest BCUT2D eigenvalue weighted by Gasteiger charge is 2.15. The Morgan fingerprint density at radius 1 is 1.05 bits per heavy atom. The molecule has 0 aliphatic carbocycles. The van der Waals surface area contributed by atoms with E-state index in [2.05, 4.69) is 9.71 Å². The zero-order chi connectivity index (χ0) is 15.6. The van der Waals surface area contributed by atoms with Gasteiger partial charge >= 0.3 is 0 Å². The van der Waals surface area contributed by atoms with Gasteiger partial charge in [0.05, 0.1) is 4.90 Å². The van der Waals surface area contributed by atoms with E-state index in [1.165, 1.54) is 11.3 Å². The van der Waals surface area contributed by atoms with Crippen LogP contribution >= 0.6 is 11.3 Å². The predicted molar refractivity (Wildman–Crippen MR) is 89.2 cm³/mol. The first-order valence-corrected chi connectivity index (χ1v) is 8.80. The Morgan fingerprint density at radius 3 is 2.41 bits per heavy atom. The number of sulfonamides is 1. The molecule has 5 nitrogen and oxygen atoms in total. The topological polar surface area (TPSA) is 85.1 Å². The van der Waals surface area contributed by atoms with E-state index >= 15 is 0 Å². The standard InChI is InChI=1S/C15H13N3O2S2/c16-14-4-2-1-3-13(14)11-5-7-12(8-6-11)22(19,20)18-15-17-9-10-21-15/h1-10H,16H2,(H,17,18). The van der Waals surface area contributed by atoms with Crippen LogP contribution in [0.5, 0.6) is 0 Å². The minimum absolute atomic E-state index is 0.181. The SMILES string of the molecule is Nc1ccccc1-c1ccc(S(=O)(=O)Nc2nccs2)cc1. The van der Waals surface area contributed by atoms with E-state index in [1.807, 2.05) is 24.3 Å². The van der Waals surface area contributed by atoms with Crippen molar-refractivity contribution in [3.05, 3.63) is 60.1 Å². The maximum absolute atomic E-state index is 12.2. The van der Waals surface area contributed by atoms with Crippen molar-refractivity contribution in [2.24, 2.45) is 0 Å². The Labute approximate surface area is 132 Å². The van der Waals surface area contributed by atoms with Crippen molar-refractivity contribution in [1.29, 1.82) is 0 Å². The van der Waals surface area contributed by atoms with Crippen molar-refractivity contribution in [3.63, 3.8) is 0 Å². The summed E-state index contributed by atoms with van der Waals surface area (Å²) in [5, 5.41) is 2.05. The predicted octanol–water partition coefficient (Wildman–Crippen LogP) is 3.19. The number of hydrogen-bond donors (Lipinski definition) is 2. The van der Waals surface area contributed by atoms with Gasteiger partial charge in [0.25, 0.3) is 10.0 Å². The highest BCUT2D eigenvalue weighted by atomic mass is 32.2. The average Bonchev–Trinajstić information content (AvgIpc) is 3.00. The number of benzene rings is 2. The van der Waals surface area contributed by atoms with Crippen molar-refractivity contribution < 1.29 is 8.42 Å². The number of anilines is 2. The largest absolute Gasteiger partial charge is 0.398 e. The molecule has 1 heterocycles. The van der Waals surface area contributed by atoms with Crippen LogP contribution in [0.4, 0.5) is 10.8 Å². The monoisotopic (exact) mass is 331 g/mol. The number of nitrogen functional groups attached to an aromatic ring is 1. The van der Waals surface area contributed by atoms with E-state index < -0.39 is 10.0 Å². The highest BCUT2D eigenvalue weighted by Crippen LogP contribution is 2.27. The number of hydrogen-bond acceptors (Lipinski definition) is 5. The van der Waals surface area contributed by atoms with Crippen molar-refractivity contribution >= 4 is 32.2 Å². The van der Waals surface area contributed by atoms with Crippen molar-refractivity contribution in [1.82, 2.24) is 4.98 Å². The van der Waals surface area contributed by atoms with Crippen molar-refractivity contribution in [2.75, 3.05) is 10.5 Å². The third-order valence-corrected chi connectivity index (χ3v) is 5.26. The summed E-state index contributed by atoms with van der Waals surface area (Å²) in [6.45, 7) is 0. The molecule has 3 aromatic rings. The summed E-state index contributed by atoms with van der Waals surface area (Å²) >= 11 is 1.23. The van der Waals surface area contributed by atoms with Gasteiger partial charge in [-0.15, -0.1) is 11.3 Å². The molecule has 0 amide bonds. The van der Waals surface area contributed by atoms with Crippen LogP contribution in [0, 0.1) is 0 Å². The van der Waals surface area contributed by atoms with Gasteiger partial charge in [0.1, 0.15) is 0 Å². The van der Waals surface area contributed by atoms with E-state index in [1.54, 1.807) is 35.8 Å². The van der Waals surface area contributed by atoms with Gasteiger partial charge in [0, 0.05) is 22.8 Å². The molecular weight excluding hydrogens is 318 g/mol. The molecule has 0 atom stereocenters. The van der Waals surface area contributed by atoms with Crippen LogP contribution in [-0.2, 0) is 10.0 Å². The van der Waals surface area contributed by atoms with Crippen LogP contribution in [-0.4, -0.2) is 13.4 Å². The molecule has 3 rings (SSSR count). The molecule has 0 unspecified atom stereocenters. The molecule has 0 radical (unpaired) electrons. The zero-order valence-corrected chi connectivity index (χ0v) is 13.1. The van der Waals surface area contributed by atoms with E-state index in [0.29, 0.717) is 10.8 Å². The highest BCUT2D eigenvalue weighted by molar-refractivity contribution is 7.93. The van der Waals surface area contributed by atoms with Gasteiger partial charge in [-0.1, -0.05) is 30.3 Å². The number of para-hydroxylation sites is 1. The number of nitrogens with one attached hydrogen (secondary N) is 1. The van der Waals surface area contributed by atoms with Gasteiger partial charge in [-0.25, -0.2) is 13.4 Å². The quantitative estimate of drug-likeness (QED) is 0.719. The Balaban J connectivity index is 1.90. The third kappa shape index (κ3) is 2.95. The van der Waals surface area contributed by atoms with E-state index in [0.717, 1.165) is 11.1 Å². The van der Waals surface area contributed by atoms with Gasteiger partial charge < -0.3 is 5.73 Å². The minimum atomic E-state index is -3.63. The summed E-state index contributed by atoms with van der Waals surface area (Å²) in [5.41, 5.74) is 8.32. The second-order valence-electron chi connectivity index (χ2n) is 4.55. The number of thiazole rings is 1. The first-order chi connectivity index (χ1) is 10.6. The number of nitrogens with zero attached hydrogens (tertiary/aromatic N) is 1. The third-order valence-electron chi connectivity index (χ3n) is 3.09. The van der Waals surface area contributed by atoms with E-state index in [9.17, 15) is 8.42 Å². The lowest BCUT2D eigenvalue weighted by atomic mass is 10.0. The van der Waals surface area contributed by atoms with Gasteiger partial charge in [0.2, 0.25) is 0 Å². The maximum atomic E-state index is 12.2. The first kappa shape index (κ1) is 14.6. The molecule has 0 aliphatic rings.